The van der Waals surface area contributed by atoms with Crippen molar-refractivity contribution < 1.29 is 32.2 Å². The summed E-state index contributed by atoms with van der Waals surface area (Å²) in [5, 5.41) is 0.0674. The second-order valence-electron chi connectivity index (χ2n) is 5.98. The van der Waals surface area contributed by atoms with Crippen LogP contribution in [0.5, 0.6) is 11.5 Å². The van der Waals surface area contributed by atoms with E-state index in [2.05, 4.69) is 0 Å². The lowest BCUT2D eigenvalue weighted by molar-refractivity contribution is 0.0358. The van der Waals surface area contributed by atoms with E-state index in [0.29, 0.717) is 4.31 Å². The molecule has 2 aromatic carbocycles. The Morgan fingerprint density at radius 3 is 2.30 bits per heavy atom. The number of esters is 1. The predicted molar refractivity (Wildman–Crippen MR) is 109 cm³/mol. The van der Waals surface area contributed by atoms with E-state index < -0.39 is 28.6 Å². The summed E-state index contributed by atoms with van der Waals surface area (Å²) in [5.41, 5.74) is -0.275. The molecule has 0 aliphatic carbocycles. The Bertz CT molecular complexity index is 1100. The van der Waals surface area contributed by atoms with Gasteiger partial charge in [-0.3, -0.25) is 4.79 Å². The Hall–Kier alpha value is -2.49. The van der Waals surface area contributed by atoms with Crippen molar-refractivity contribution in [3.63, 3.8) is 0 Å². The number of halogens is 2. The van der Waals surface area contributed by atoms with Gasteiger partial charge in [-0.15, -0.1) is 0 Å². The zero-order chi connectivity index (χ0) is 22.1. The minimum Gasteiger partial charge on any atom is -0.494 e. The molecule has 0 saturated heterocycles. The quantitative estimate of drug-likeness (QED) is 0.564. The molecule has 11 heteroatoms. The average Bonchev–Trinajstić information content (AvgIpc) is 2.86. The van der Waals surface area contributed by atoms with Gasteiger partial charge in [0.05, 0.1) is 28.8 Å². The molecule has 0 fully saturated rings. The van der Waals surface area contributed by atoms with Crippen LogP contribution in [-0.4, -0.2) is 44.5 Å². The smallest absolute Gasteiger partial charge is 0.342 e. The number of fused-ring (bicyclic) bond motifs is 1. The third kappa shape index (κ3) is 3.92. The van der Waals surface area contributed by atoms with Gasteiger partial charge in [-0.05, 0) is 26.0 Å². The highest BCUT2D eigenvalue weighted by Gasteiger charge is 2.45. The molecule has 1 heterocycles. The van der Waals surface area contributed by atoms with Gasteiger partial charge in [0.25, 0.3) is 15.9 Å². The second kappa shape index (κ2) is 8.71. The van der Waals surface area contributed by atoms with Crippen LogP contribution in [0.15, 0.2) is 35.2 Å². The van der Waals surface area contributed by atoms with Crippen molar-refractivity contribution in [3.8, 4) is 11.5 Å². The molecule has 0 unspecified atom stereocenters. The van der Waals surface area contributed by atoms with Gasteiger partial charge in [0, 0.05) is 12.1 Å². The molecule has 2 aromatic rings. The van der Waals surface area contributed by atoms with Crippen molar-refractivity contribution in [2.75, 3.05) is 19.9 Å². The Morgan fingerprint density at radius 2 is 1.70 bits per heavy atom. The molecule has 8 nitrogen and oxygen atoms in total. The number of rotatable bonds is 7. The Morgan fingerprint density at radius 1 is 1.07 bits per heavy atom. The third-order valence-corrected chi connectivity index (χ3v) is 6.50. The van der Waals surface area contributed by atoms with E-state index in [1.54, 1.807) is 13.8 Å². The molecule has 30 heavy (non-hydrogen) atoms. The van der Waals surface area contributed by atoms with Gasteiger partial charge in [0.15, 0.2) is 6.73 Å². The lowest BCUT2D eigenvalue weighted by atomic mass is 10.1. The zero-order valence-electron chi connectivity index (χ0n) is 16.0. The van der Waals surface area contributed by atoms with Crippen molar-refractivity contribution in [3.05, 3.63) is 51.5 Å². The van der Waals surface area contributed by atoms with Crippen molar-refractivity contribution >= 4 is 45.1 Å². The molecule has 0 spiro atoms. The molecule has 0 aromatic heterocycles. The van der Waals surface area contributed by atoms with Crippen LogP contribution in [0.3, 0.4) is 0 Å². The average molecular weight is 474 g/mol. The van der Waals surface area contributed by atoms with Crippen molar-refractivity contribution in [1.82, 2.24) is 4.31 Å². The van der Waals surface area contributed by atoms with Gasteiger partial charge < -0.3 is 14.2 Å². The van der Waals surface area contributed by atoms with Crippen LogP contribution in [0.1, 0.15) is 34.6 Å². The van der Waals surface area contributed by atoms with E-state index in [4.69, 9.17) is 37.4 Å². The first-order valence-electron chi connectivity index (χ1n) is 8.84. The van der Waals surface area contributed by atoms with Crippen LogP contribution in [0.4, 0.5) is 0 Å². The maximum absolute atomic E-state index is 12.9. The van der Waals surface area contributed by atoms with Gasteiger partial charge in [0.1, 0.15) is 22.0 Å². The van der Waals surface area contributed by atoms with Crippen LogP contribution in [-0.2, 0) is 14.8 Å². The predicted octanol–water partition coefficient (Wildman–Crippen LogP) is 3.75. The number of sulfonamides is 1. The first-order valence-corrected chi connectivity index (χ1v) is 11.0. The number of ether oxygens (including phenoxy) is 3. The summed E-state index contributed by atoms with van der Waals surface area (Å²) >= 11 is 11.9. The van der Waals surface area contributed by atoms with Crippen LogP contribution in [0, 0.1) is 0 Å². The second-order valence-corrected chi connectivity index (χ2v) is 8.62. The third-order valence-electron chi connectivity index (χ3n) is 4.14. The molecule has 0 atom stereocenters. The SMILES string of the molecule is CCOc1cc(OCC)c2c(c1)S(=O)(=O)N(COC(=O)c1c(Cl)cccc1Cl)C2=O. The van der Waals surface area contributed by atoms with Gasteiger partial charge >= 0.3 is 5.97 Å². The van der Waals surface area contributed by atoms with Crippen LogP contribution >= 0.6 is 23.2 Å². The fourth-order valence-electron chi connectivity index (χ4n) is 2.86. The first-order chi connectivity index (χ1) is 14.2. The minimum atomic E-state index is -4.29. The summed E-state index contributed by atoms with van der Waals surface area (Å²) < 4.78 is 42.2. The maximum atomic E-state index is 12.9. The lowest BCUT2D eigenvalue weighted by Gasteiger charge is -2.15. The summed E-state index contributed by atoms with van der Waals surface area (Å²) in [6.07, 6.45) is 0. The Kier molecular flexibility index (Phi) is 6.44. The largest absolute Gasteiger partial charge is 0.494 e. The van der Waals surface area contributed by atoms with E-state index in [0.717, 1.165) is 0 Å². The van der Waals surface area contributed by atoms with E-state index >= 15 is 0 Å². The fraction of sp³-hybridized carbons (Fsp3) is 0.263. The molecule has 0 radical (unpaired) electrons. The monoisotopic (exact) mass is 473 g/mol. The summed E-state index contributed by atoms with van der Waals surface area (Å²) in [4.78, 5) is 24.9. The molecule has 0 bridgehead atoms. The maximum Gasteiger partial charge on any atom is 0.342 e. The molecule has 3 rings (SSSR count). The van der Waals surface area contributed by atoms with Gasteiger partial charge in [-0.25, -0.2) is 13.2 Å². The van der Waals surface area contributed by atoms with Crippen molar-refractivity contribution in [2.45, 2.75) is 18.7 Å². The number of carbonyl (C=O) groups excluding carboxylic acids is 2. The van der Waals surface area contributed by atoms with Crippen LogP contribution in [0.2, 0.25) is 10.0 Å². The fourth-order valence-corrected chi connectivity index (χ4v) is 4.86. The van der Waals surface area contributed by atoms with Gasteiger partial charge in [0.2, 0.25) is 0 Å². The number of hydrogen-bond donors (Lipinski definition) is 0. The van der Waals surface area contributed by atoms with Gasteiger partial charge in [-0.1, -0.05) is 29.3 Å². The van der Waals surface area contributed by atoms with Gasteiger partial charge in [-0.2, -0.15) is 4.31 Å². The van der Waals surface area contributed by atoms with E-state index in [-0.39, 0.29) is 50.8 Å². The molecule has 1 amide bonds. The molecule has 0 saturated carbocycles. The Balaban J connectivity index is 1.93. The number of benzene rings is 2. The molecular formula is C19H17Cl2NO7S. The normalized spacial score (nSPS) is 14.4. The number of hydrogen-bond acceptors (Lipinski definition) is 7. The number of carbonyl (C=O) groups is 2. The standard InChI is InChI=1S/C19H17Cl2NO7S/c1-3-27-11-8-14(28-4-2)17-15(9-11)30(25,26)22(18(17)23)10-29-19(24)16-12(20)6-5-7-13(16)21/h5-9H,3-4,10H2,1-2H3. The highest BCUT2D eigenvalue weighted by atomic mass is 35.5. The van der Waals surface area contributed by atoms with E-state index in [9.17, 15) is 18.0 Å². The van der Waals surface area contributed by atoms with Crippen molar-refractivity contribution in [2.24, 2.45) is 0 Å². The molecule has 1 aliphatic heterocycles. The number of nitrogens with zero attached hydrogens (tertiary/aromatic N) is 1. The number of amides is 1. The molecular weight excluding hydrogens is 457 g/mol. The highest BCUT2D eigenvalue weighted by Crippen LogP contribution is 2.40. The lowest BCUT2D eigenvalue weighted by Crippen LogP contribution is -2.33. The summed E-state index contributed by atoms with van der Waals surface area (Å²) in [5.74, 6) is -1.55. The molecule has 1 aliphatic rings. The first kappa shape index (κ1) is 22.2. The Labute approximate surface area is 183 Å². The summed E-state index contributed by atoms with van der Waals surface area (Å²) in [6.45, 7) is 3.07. The van der Waals surface area contributed by atoms with E-state index in [1.165, 1.54) is 30.3 Å². The topological polar surface area (TPSA) is 99.2 Å². The summed E-state index contributed by atoms with van der Waals surface area (Å²) in [7, 11) is -4.29. The van der Waals surface area contributed by atoms with Crippen molar-refractivity contribution in [1.29, 1.82) is 0 Å². The minimum absolute atomic E-state index is 0.0337. The zero-order valence-corrected chi connectivity index (χ0v) is 18.3. The highest BCUT2D eigenvalue weighted by molar-refractivity contribution is 7.90. The molecule has 160 valence electrons. The van der Waals surface area contributed by atoms with E-state index in [1.807, 2.05) is 0 Å². The molecule has 0 N–H and O–H groups in total. The van der Waals surface area contributed by atoms with Crippen LogP contribution in [0.25, 0.3) is 0 Å². The van der Waals surface area contributed by atoms with Crippen LogP contribution < -0.4 is 9.47 Å². The summed E-state index contributed by atoms with van der Waals surface area (Å²) in [6, 6.07) is 7.08.